The largest absolute Gasteiger partial charge is 0.444 e. The van der Waals surface area contributed by atoms with Crippen LogP contribution < -0.4 is 10.6 Å². The maximum absolute atomic E-state index is 11.9. The summed E-state index contributed by atoms with van der Waals surface area (Å²) in [5.74, 6) is -0.00302. The van der Waals surface area contributed by atoms with Crippen molar-refractivity contribution in [2.24, 2.45) is 0 Å². The van der Waals surface area contributed by atoms with Gasteiger partial charge in [0, 0.05) is 17.8 Å². The van der Waals surface area contributed by atoms with Gasteiger partial charge in [0.25, 0.3) is 0 Å². The third-order valence-electron chi connectivity index (χ3n) is 3.89. The van der Waals surface area contributed by atoms with Crippen LogP contribution in [-0.4, -0.2) is 37.5 Å². The molecule has 0 atom stereocenters. The molecular formula is C21H27N3O3. The Balaban J connectivity index is 1.71. The zero-order chi connectivity index (χ0) is 19.5. The van der Waals surface area contributed by atoms with Gasteiger partial charge < -0.3 is 15.0 Å². The van der Waals surface area contributed by atoms with Gasteiger partial charge in [-0.2, -0.15) is 0 Å². The van der Waals surface area contributed by atoms with E-state index in [2.05, 4.69) is 15.5 Å². The van der Waals surface area contributed by atoms with Crippen molar-refractivity contribution < 1.29 is 14.3 Å². The summed E-state index contributed by atoms with van der Waals surface area (Å²) in [5, 5.41) is 5.53. The van der Waals surface area contributed by atoms with Crippen LogP contribution in [0.4, 0.5) is 16.2 Å². The number of carbonyl (C=O) groups is 2. The molecule has 2 aromatic rings. The van der Waals surface area contributed by atoms with Crippen LogP contribution >= 0.6 is 0 Å². The van der Waals surface area contributed by atoms with Crippen molar-refractivity contribution in [1.29, 1.82) is 0 Å². The molecule has 0 heterocycles. The van der Waals surface area contributed by atoms with Crippen LogP contribution in [0.15, 0.2) is 54.6 Å². The van der Waals surface area contributed by atoms with Gasteiger partial charge in [0.05, 0.1) is 0 Å². The average molecular weight is 369 g/mol. The molecule has 0 spiro atoms. The SMILES string of the molecule is CN(C)CCCCC(=O)Nc1ccc(NC(=O)OCc2ccccc2)cc1. The van der Waals surface area contributed by atoms with Crippen LogP contribution in [-0.2, 0) is 16.1 Å². The molecule has 27 heavy (non-hydrogen) atoms. The highest BCUT2D eigenvalue weighted by Crippen LogP contribution is 2.15. The molecule has 0 aliphatic carbocycles. The Labute approximate surface area is 160 Å². The third-order valence-corrected chi connectivity index (χ3v) is 3.89. The fraction of sp³-hybridized carbons (Fsp3) is 0.333. The number of hydrogen-bond donors (Lipinski definition) is 2. The summed E-state index contributed by atoms with van der Waals surface area (Å²) < 4.78 is 5.18. The smallest absolute Gasteiger partial charge is 0.411 e. The molecule has 0 unspecified atom stereocenters. The summed E-state index contributed by atoms with van der Waals surface area (Å²) in [6.07, 6.45) is 1.84. The lowest BCUT2D eigenvalue weighted by Crippen LogP contribution is -2.15. The van der Waals surface area contributed by atoms with Crippen molar-refractivity contribution in [3.8, 4) is 0 Å². The molecule has 0 fully saturated rings. The Morgan fingerprint density at radius 1 is 0.889 bits per heavy atom. The molecule has 0 bridgehead atoms. The van der Waals surface area contributed by atoms with E-state index in [0.29, 0.717) is 17.8 Å². The highest BCUT2D eigenvalue weighted by molar-refractivity contribution is 5.91. The topological polar surface area (TPSA) is 70.7 Å². The minimum absolute atomic E-state index is 0.00302. The Kier molecular flexibility index (Phi) is 8.32. The number of unbranched alkanes of at least 4 members (excludes halogenated alkanes) is 1. The van der Waals surface area contributed by atoms with Crippen LogP contribution in [0.3, 0.4) is 0 Å². The molecule has 2 N–H and O–H groups in total. The van der Waals surface area contributed by atoms with E-state index in [0.717, 1.165) is 24.9 Å². The molecule has 0 aliphatic heterocycles. The van der Waals surface area contributed by atoms with Gasteiger partial charge in [-0.3, -0.25) is 10.1 Å². The number of ether oxygens (including phenoxy) is 1. The molecule has 144 valence electrons. The predicted molar refractivity (Wildman–Crippen MR) is 108 cm³/mol. The number of nitrogens with zero attached hydrogens (tertiary/aromatic N) is 1. The number of rotatable bonds is 9. The maximum Gasteiger partial charge on any atom is 0.411 e. The second-order valence-electron chi connectivity index (χ2n) is 6.57. The Bertz CT molecular complexity index is 715. The lowest BCUT2D eigenvalue weighted by Gasteiger charge is -2.10. The lowest BCUT2D eigenvalue weighted by molar-refractivity contribution is -0.116. The van der Waals surface area contributed by atoms with E-state index in [1.807, 2.05) is 44.4 Å². The number of carbonyl (C=O) groups excluding carboxylic acids is 2. The van der Waals surface area contributed by atoms with E-state index in [-0.39, 0.29) is 12.5 Å². The highest BCUT2D eigenvalue weighted by atomic mass is 16.5. The van der Waals surface area contributed by atoms with Gasteiger partial charge in [-0.15, -0.1) is 0 Å². The third kappa shape index (κ3) is 8.37. The second kappa shape index (κ2) is 11.0. The van der Waals surface area contributed by atoms with Gasteiger partial charge in [-0.25, -0.2) is 4.79 Å². The monoisotopic (exact) mass is 369 g/mol. The number of hydrogen-bond acceptors (Lipinski definition) is 4. The first-order valence-corrected chi connectivity index (χ1v) is 9.05. The Morgan fingerprint density at radius 3 is 2.15 bits per heavy atom. The van der Waals surface area contributed by atoms with Gasteiger partial charge in [0.2, 0.25) is 5.91 Å². The van der Waals surface area contributed by atoms with E-state index in [9.17, 15) is 9.59 Å². The van der Waals surface area contributed by atoms with E-state index in [1.165, 1.54) is 0 Å². The predicted octanol–water partition coefficient (Wildman–Crippen LogP) is 4.11. The van der Waals surface area contributed by atoms with Crippen molar-refractivity contribution >= 4 is 23.4 Å². The van der Waals surface area contributed by atoms with Crippen molar-refractivity contribution in [3.05, 3.63) is 60.2 Å². The Morgan fingerprint density at radius 2 is 1.52 bits per heavy atom. The van der Waals surface area contributed by atoms with Crippen LogP contribution in [0.2, 0.25) is 0 Å². The van der Waals surface area contributed by atoms with Gasteiger partial charge in [-0.05, 0) is 63.3 Å². The molecular weight excluding hydrogens is 342 g/mol. The van der Waals surface area contributed by atoms with Crippen molar-refractivity contribution in [3.63, 3.8) is 0 Å². The minimum Gasteiger partial charge on any atom is -0.444 e. The molecule has 0 radical (unpaired) electrons. The summed E-state index contributed by atoms with van der Waals surface area (Å²) in [5.41, 5.74) is 2.24. The van der Waals surface area contributed by atoms with Crippen LogP contribution in [0.25, 0.3) is 0 Å². The number of amides is 2. The normalized spacial score (nSPS) is 10.5. The Hall–Kier alpha value is -2.86. The molecule has 2 rings (SSSR count). The average Bonchev–Trinajstić information content (AvgIpc) is 2.66. The minimum atomic E-state index is -0.517. The zero-order valence-electron chi connectivity index (χ0n) is 15.9. The molecule has 2 aromatic carbocycles. The number of anilines is 2. The van der Waals surface area contributed by atoms with Crippen LogP contribution in [0.1, 0.15) is 24.8 Å². The maximum atomic E-state index is 11.9. The zero-order valence-corrected chi connectivity index (χ0v) is 15.9. The summed E-state index contributed by atoms with van der Waals surface area (Å²) >= 11 is 0. The standard InChI is InChI=1S/C21H27N3O3/c1-24(2)15-7-6-10-20(25)22-18-11-13-19(14-12-18)23-21(26)27-16-17-8-4-3-5-9-17/h3-5,8-9,11-14H,6-7,10,15-16H2,1-2H3,(H,22,25)(H,23,26). The first kappa shape index (κ1) is 20.5. The molecule has 0 saturated heterocycles. The van der Waals surface area contributed by atoms with Crippen molar-refractivity contribution in [2.75, 3.05) is 31.3 Å². The van der Waals surface area contributed by atoms with E-state index < -0.39 is 6.09 Å². The van der Waals surface area contributed by atoms with Gasteiger partial charge in [0.1, 0.15) is 6.61 Å². The van der Waals surface area contributed by atoms with E-state index >= 15 is 0 Å². The lowest BCUT2D eigenvalue weighted by atomic mass is 10.2. The fourth-order valence-corrected chi connectivity index (χ4v) is 2.45. The number of nitrogens with one attached hydrogen (secondary N) is 2. The molecule has 6 nitrogen and oxygen atoms in total. The quantitative estimate of drug-likeness (QED) is 0.653. The summed E-state index contributed by atoms with van der Waals surface area (Å²) in [4.78, 5) is 25.9. The van der Waals surface area contributed by atoms with Crippen molar-refractivity contribution in [2.45, 2.75) is 25.9 Å². The van der Waals surface area contributed by atoms with E-state index in [1.54, 1.807) is 24.3 Å². The van der Waals surface area contributed by atoms with Gasteiger partial charge in [0.15, 0.2) is 0 Å². The molecule has 2 amide bonds. The summed E-state index contributed by atoms with van der Waals surface area (Å²) in [6.45, 7) is 1.20. The fourth-order valence-electron chi connectivity index (χ4n) is 2.45. The van der Waals surface area contributed by atoms with Crippen LogP contribution in [0, 0.1) is 0 Å². The molecule has 0 aromatic heterocycles. The first-order valence-electron chi connectivity index (χ1n) is 9.05. The second-order valence-corrected chi connectivity index (χ2v) is 6.57. The van der Waals surface area contributed by atoms with Gasteiger partial charge >= 0.3 is 6.09 Å². The summed E-state index contributed by atoms with van der Waals surface area (Å²) in [7, 11) is 4.04. The molecule has 0 saturated carbocycles. The molecule has 6 heteroatoms. The van der Waals surface area contributed by atoms with Crippen molar-refractivity contribution in [1.82, 2.24) is 4.90 Å². The van der Waals surface area contributed by atoms with E-state index in [4.69, 9.17) is 4.74 Å². The summed E-state index contributed by atoms with van der Waals surface area (Å²) in [6, 6.07) is 16.5. The molecule has 0 aliphatic rings. The van der Waals surface area contributed by atoms with Gasteiger partial charge in [-0.1, -0.05) is 30.3 Å². The first-order chi connectivity index (χ1) is 13.0. The number of benzene rings is 2. The highest BCUT2D eigenvalue weighted by Gasteiger charge is 2.06. The van der Waals surface area contributed by atoms with Crippen LogP contribution in [0.5, 0.6) is 0 Å².